The molecule has 0 aliphatic carbocycles. The molecule has 0 aliphatic rings. The Morgan fingerprint density at radius 2 is 2.22 bits per heavy atom. The number of hydrogen-bond donors (Lipinski definition) is 1. The van der Waals surface area contributed by atoms with Gasteiger partial charge in [-0.25, -0.2) is 4.68 Å². The van der Waals surface area contributed by atoms with E-state index in [0.29, 0.717) is 19.3 Å². The van der Waals surface area contributed by atoms with Gasteiger partial charge in [0.25, 0.3) is 0 Å². The lowest BCUT2D eigenvalue weighted by molar-refractivity contribution is 0.0513. The zero-order valence-electron chi connectivity index (χ0n) is 11.6. The van der Waals surface area contributed by atoms with Crippen LogP contribution in [0.4, 0.5) is 0 Å². The summed E-state index contributed by atoms with van der Waals surface area (Å²) in [6.45, 7) is 6.23. The molecule has 2 N–H and O–H groups in total. The van der Waals surface area contributed by atoms with Gasteiger partial charge in [-0.1, -0.05) is 37.8 Å². The van der Waals surface area contributed by atoms with Crippen LogP contribution >= 0.6 is 0 Å². The molecule has 0 bridgehead atoms. The number of nitrogens with two attached hydrogens (primary N) is 1. The van der Waals surface area contributed by atoms with E-state index in [9.17, 15) is 0 Å². The molecule has 0 aromatic carbocycles. The van der Waals surface area contributed by atoms with E-state index in [-0.39, 0.29) is 0 Å². The number of nitrogens with zero attached hydrogens (tertiary/aromatic N) is 3. The first-order chi connectivity index (χ1) is 8.76. The van der Waals surface area contributed by atoms with Crippen LogP contribution in [0.25, 0.3) is 0 Å². The molecule has 0 saturated heterocycles. The van der Waals surface area contributed by atoms with Crippen LogP contribution in [0.2, 0.25) is 0 Å². The fourth-order valence-electron chi connectivity index (χ4n) is 1.83. The monoisotopic (exact) mass is 254 g/mol. The fraction of sp³-hybridized carbons (Fsp3) is 0.846. The predicted molar refractivity (Wildman–Crippen MR) is 72.1 cm³/mol. The van der Waals surface area contributed by atoms with Crippen LogP contribution in [-0.4, -0.2) is 27.7 Å². The molecule has 18 heavy (non-hydrogen) atoms. The number of hydrogen-bond acceptors (Lipinski definition) is 4. The molecule has 0 radical (unpaired) electrons. The molecule has 5 heteroatoms. The summed E-state index contributed by atoms with van der Waals surface area (Å²) in [5.74, 6) is 0. The molecular formula is C13H26N4O. The fourth-order valence-corrected chi connectivity index (χ4v) is 1.83. The second-order valence-corrected chi connectivity index (χ2v) is 4.71. The Labute approximate surface area is 110 Å². The van der Waals surface area contributed by atoms with Crippen molar-refractivity contribution in [2.45, 2.75) is 65.1 Å². The van der Waals surface area contributed by atoms with Gasteiger partial charge in [0, 0.05) is 12.7 Å². The highest BCUT2D eigenvalue weighted by Gasteiger charge is 2.03. The average molecular weight is 254 g/mol. The Balaban J connectivity index is 2.05. The van der Waals surface area contributed by atoms with Crippen molar-refractivity contribution in [2.75, 3.05) is 6.61 Å². The molecule has 1 rings (SSSR count). The Kier molecular flexibility index (Phi) is 7.60. The first kappa shape index (κ1) is 15.1. The van der Waals surface area contributed by atoms with Gasteiger partial charge in [0.05, 0.1) is 24.9 Å². The Hall–Kier alpha value is -0.940. The van der Waals surface area contributed by atoms with Crippen molar-refractivity contribution < 1.29 is 4.74 Å². The van der Waals surface area contributed by atoms with E-state index in [2.05, 4.69) is 24.2 Å². The van der Waals surface area contributed by atoms with E-state index in [1.807, 2.05) is 6.20 Å². The van der Waals surface area contributed by atoms with Gasteiger partial charge in [-0.15, -0.1) is 5.10 Å². The van der Waals surface area contributed by atoms with Gasteiger partial charge in [-0.05, 0) is 13.3 Å². The minimum Gasteiger partial charge on any atom is -0.377 e. The van der Waals surface area contributed by atoms with Gasteiger partial charge >= 0.3 is 0 Å². The lowest BCUT2D eigenvalue weighted by Crippen LogP contribution is -2.13. The SMILES string of the molecule is CCCCCCC(C)OCCn1cc(CN)nn1. The molecule has 1 unspecified atom stereocenters. The summed E-state index contributed by atoms with van der Waals surface area (Å²) in [5, 5.41) is 7.91. The van der Waals surface area contributed by atoms with E-state index in [4.69, 9.17) is 10.5 Å². The quantitative estimate of drug-likeness (QED) is 0.649. The Bertz CT molecular complexity index is 314. The molecule has 0 fully saturated rings. The topological polar surface area (TPSA) is 66.0 Å². The van der Waals surface area contributed by atoms with Crippen LogP contribution < -0.4 is 5.73 Å². The number of rotatable bonds is 10. The Morgan fingerprint density at radius 3 is 2.89 bits per heavy atom. The molecular weight excluding hydrogens is 228 g/mol. The third kappa shape index (κ3) is 6.12. The minimum absolute atomic E-state index is 0.333. The van der Waals surface area contributed by atoms with Gasteiger partial charge in [-0.3, -0.25) is 0 Å². The van der Waals surface area contributed by atoms with Crippen LogP contribution in [0.5, 0.6) is 0 Å². The summed E-state index contributed by atoms with van der Waals surface area (Å²) >= 11 is 0. The third-order valence-corrected chi connectivity index (χ3v) is 2.98. The molecule has 5 nitrogen and oxygen atoms in total. The van der Waals surface area contributed by atoms with Crippen LogP contribution in [0, 0.1) is 0 Å². The molecule has 0 saturated carbocycles. The second-order valence-electron chi connectivity index (χ2n) is 4.71. The van der Waals surface area contributed by atoms with E-state index in [1.54, 1.807) is 4.68 Å². The second kappa shape index (κ2) is 9.05. The summed E-state index contributed by atoms with van der Waals surface area (Å²) < 4.78 is 7.53. The third-order valence-electron chi connectivity index (χ3n) is 2.98. The van der Waals surface area contributed by atoms with Gasteiger partial charge in [-0.2, -0.15) is 0 Å². The first-order valence-corrected chi connectivity index (χ1v) is 6.97. The lowest BCUT2D eigenvalue weighted by Gasteiger charge is -2.12. The normalized spacial score (nSPS) is 12.8. The van der Waals surface area contributed by atoms with Crippen molar-refractivity contribution >= 4 is 0 Å². The molecule has 0 spiro atoms. The molecule has 0 amide bonds. The Morgan fingerprint density at radius 1 is 1.39 bits per heavy atom. The molecule has 1 aromatic rings. The average Bonchev–Trinajstić information content (AvgIpc) is 2.83. The predicted octanol–water partition coefficient (Wildman–Crippen LogP) is 2.11. The maximum Gasteiger partial charge on any atom is 0.0962 e. The van der Waals surface area contributed by atoms with Crippen molar-refractivity contribution in [2.24, 2.45) is 5.73 Å². The molecule has 1 atom stereocenters. The van der Waals surface area contributed by atoms with Crippen LogP contribution in [0.1, 0.15) is 51.6 Å². The summed E-state index contributed by atoms with van der Waals surface area (Å²) in [6, 6.07) is 0. The van der Waals surface area contributed by atoms with E-state index < -0.39 is 0 Å². The number of ether oxygens (including phenoxy) is 1. The smallest absolute Gasteiger partial charge is 0.0962 e. The highest BCUT2D eigenvalue weighted by atomic mass is 16.5. The number of unbranched alkanes of at least 4 members (excludes halogenated alkanes) is 3. The maximum atomic E-state index is 5.75. The first-order valence-electron chi connectivity index (χ1n) is 6.97. The van der Waals surface area contributed by atoms with E-state index in [1.165, 1.54) is 25.7 Å². The minimum atomic E-state index is 0.333. The highest BCUT2D eigenvalue weighted by Crippen LogP contribution is 2.07. The summed E-state index contributed by atoms with van der Waals surface area (Å²) in [5.41, 5.74) is 6.29. The van der Waals surface area contributed by atoms with E-state index >= 15 is 0 Å². The van der Waals surface area contributed by atoms with Crippen molar-refractivity contribution in [3.8, 4) is 0 Å². The zero-order valence-corrected chi connectivity index (χ0v) is 11.6. The summed E-state index contributed by atoms with van der Waals surface area (Å²) in [6.07, 6.45) is 8.53. The van der Waals surface area contributed by atoms with Crippen LogP contribution in [-0.2, 0) is 17.8 Å². The van der Waals surface area contributed by atoms with E-state index in [0.717, 1.165) is 18.7 Å². The molecule has 1 heterocycles. The van der Waals surface area contributed by atoms with Crippen molar-refractivity contribution in [3.05, 3.63) is 11.9 Å². The van der Waals surface area contributed by atoms with Crippen molar-refractivity contribution in [3.63, 3.8) is 0 Å². The highest BCUT2D eigenvalue weighted by molar-refractivity contribution is 4.90. The van der Waals surface area contributed by atoms with Gasteiger partial charge < -0.3 is 10.5 Å². The number of aromatic nitrogens is 3. The van der Waals surface area contributed by atoms with Crippen molar-refractivity contribution in [1.82, 2.24) is 15.0 Å². The summed E-state index contributed by atoms with van der Waals surface area (Å²) in [4.78, 5) is 0. The lowest BCUT2D eigenvalue weighted by atomic mass is 10.1. The van der Waals surface area contributed by atoms with Gasteiger partial charge in [0.15, 0.2) is 0 Å². The van der Waals surface area contributed by atoms with Crippen molar-refractivity contribution in [1.29, 1.82) is 0 Å². The molecule has 1 aromatic heterocycles. The molecule has 104 valence electrons. The zero-order chi connectivity index (χ0) is 13.2. The largest absolute Gasteiger partial charge is 0.377 e. The van der Waals surface area contributed by atoms with Crippen LogP contribution in [0.15, 0.2) is 6.20 Å². The maximum absolute atomic E-state index is 5.75. The summed E-state index contributed by atoms with van der Waals surface area (Å²) in [7, 11) is 0. The van der Waals surface area contributed by atoms with Gasteiger partial charge in [0.1, 0.15) is 0 Å². The van der Waals surface area contributed by atoms with Crippen LogP contribution in [0.3, 0.4) is 0 Å². The van der Waals surface area contributed by atoms with Gasteiger partial charge in [0.2, 0.25) is 0 Å². The standard InChI is InChI=1S/C13H26N4O/c1-3-4-5-6-7-12(2)18-9-8-17-11-13(10-14)15-16-17/h11-12H,3-10,14H2,1-2H3. The molecule has 0 aliphatic heterocycles.